The molecule has 2 atom stereocenters. The van der Waals surface area contributed by atoms with Crippen molar-refractivity contribution in [3.63, 3.8) is 0 Å². The first-order chi connectivity index (χ1) is 15.9. The van der Waals surface area contributed by atoms with Gasteiger partial charge in [-0.3, -0.25) is 4.79 Å². The number of hydrogen-bond acceptors (Lipinski definition) is 3. The van der Waals surface area contributed by atoms with Crippen LogP contribution >= 0.6 is 11.6 Å². The maximum atomic E-state index is 10.5. The average molecular weight is 616 g/mol. The Morgan fingerprint density at radius 3 is 2.09 bits per heavy atom. The topological polar surface area (TPSA) is 53.2 Å². The van der Waals surface area contributed by atoms with E-state index < -0.39 is 0 Å². The van der Waals surface area contributed by atoms with Gasteiger partial charge in [0.25, 0.3) is 0 Å². The van der Waals surface area contributed by atoms with Gasteiger partial charge in [-0.05, 0) is 123 Å². The van der Waals surface area contributed by atoms with Gasteiger partial charge in [-0.25, -0.2) is 0 Å². The summed E-state index contributed by atoms with van der Waals surface area (Å²) in [5.74, 6) is 2.61. The molecule has 1 amide bonds. The van der Waals surface area contributed by atoms with Gasteiger partial charge in [-0.15, -0.1) is 0 Å². The minimum Gasteiger partial charge on any atom is -0.358 e. The van der Waals surface area contributed by atoms with Crippen molar-refractivity contribution in [3.05, 3.63) is 60.5 Å². The molecule has 3 aliphatic rings. The van der Waals surface area contributed by atoms with Crippen LogP contribution in [0.1, 0.15) is 64.4 Å². The molecule has 1 aliphatic heterocycles. The van der Waals surface area contributed by atoms with Crippen molar-refractivity contribution in [2.24, 2.45) is 17.8 Å². The quantitative estimate of drug-likeness (QED) is 0.341. The molecule has 2 saturated carbocycles. The number of amides is 1. The molecule has 186 valence electrons. The van der Waals surface area contributed by atoms with Gasteiger partial charge in [-0.1, -0.05) is 31.5 Å². The summed E-state index contributed by atoms with van der Waals surface area (Å²) in [6, 6.07) is 14.1. The number of nitrogens with one attached hydrogen (secondary N) is 3. The van der Waals surface area contributed by atoms with Crippen molar-refractivity contribution in [3.8, 4) is 0 Å². The minimum absolute atomic E-state index is 0. The second-order valence-electron chi connectivity index (χ2n) is 10.6. The maximum Gasteiger partial charge on any atom is 1.00 e. The molecule has 3 fully saturated rings. The van der Waals surface area contributed by atoms with Crippen molar-refractivity contribution in [1.82, 2.24) is 5.32 Å². The van der Waals surface area contributed by atoms with Crippen molar-refractivity contribution >= 4 is 35.1 Å². The molecule has 2 unspecified atom stereocenters. The summed E-state index contributed by atoms with van der Waals surface area (Å²) in [5, 5.41) is 10.0. The Bertz CT molecular complexity index is 906. The molecule has 5 rings (SSSR count). The largest absolute Gasteiger partial charge is 1.00 e. The first kappa shape index (κ1) is 31.2. The predicted molar refractivity (Wildman–Crippen MR) is 146 cm³/mol. The summed E-state index contributed by atoms with van der Waals surface area (Å²) in [5.41, 5.74) is 4.23. The molecule has 2 bridgehead atoms. The van der Waals surface area contributed by atoms with Gasteiger partial charge < -0.3 is 23.4 Å². The van der Waals surface area contributed by atoms with Gasteiger partial charge in [-0.2, -0.15) is 0 Å². The van der Waals surface area contributed by atoms with Crippen LogP contribution in [0.3, 0.4) is 0 Å². The van der Waals surface area contributed by atoms with Crippen LogP contribution in [0, 0.1) is 25.2 Å². The minimum atomic E-state index is 0. The summed E-state index contributed by atoms with van der Waals surface area (Å²) in [6.07, 6.45) is 10.2. The predicted octanol–water partition coefficient (Wildman–Crippen LogP) is 4.58. The Hall–Kier alpha value is 0.0119. The van der Waals surface area contributed by atoms with E-state index in [9.17, 15) is 4.79 Å². The molecule has 1 saturated heterocycles. The SMILES string of the molecule is C1CCNC1.CC1CC2CC(C1)CC(C)(c1ccc(Nc3ccc(NC=O)cc3)c(Cl)c1)C2.[CH3-].[Cs+]. The van der Waals surface area contributed by atoms with Crippen LogP contribution in [0.2, 0.25) is 5.02 Å². The van der Waals surface area contributed by atoms with Crippen LogP contribution in [0.15, 0.2) is 42.5 Å². The van der Waals surface area contributed by atoms with Crippen LogP contribution in [0.5, 0.6) is 0 Å². The normalized spacial score (nSPS) is 26.8. The number of carbonyl (C=O) groups is 1. The molecule has 2 aromatic rings. The summed E-state index contributed by atoms with van der Waals surface area (Å²) in [4.78, 5) is 10.5. The van der Waals surface area contributed by atoms with Crippen LogP contribution in [-0.2, 0) is 10.2 Å². The number of rotatable bonds is 5. The van der Waals surface area contributed by atoms with E-state index >= 15 is 0 Å². The fraction of sp³-hybridized carbons (Fsp3) is 0.517. The molecule has 2 aromatic carbocycles. The zero-order valence-electron chi connectivity index (χ0n) is 22.0. The number of halogens is 1. The Morgan fingerprint density at radius 1 is 0.971 bits per heavy atom. The van der Waals surface area contributed by atoms with E-state index in [-0.39, 0.29) is 81.7 Å². The zero-order chi connectivity index (χ0) is 23.3. The zero-order valence-corrected chi connectivity index (χ0v) is 29.0. The standard InChI is InChI=1S/C24H29ClN2O.C4H9N.CH3.Cs/c1-16-9-17-11-18(10-16)14-24(2,13-17)19-3-8-23(22(25)12-19)27-21-6-4-20(5-7-21)26-15-28;1-2-4-5-3-1;;/h3-8,12,15-18,27H,9-11,13-14H2,1-2H3,(H,26,28);5H,1-4H2;1H3;/q;;-1;+1. The summed E-state index contributed by atoms with van der Waals surface area (Å²) in [6.45, 7) is 7.35. The molecular weight excluding hydrogens is 575 g/mol. The van der Waals surface area contributed by atoms with Crippen molar-refractivity contribution < 1.29 is 73.7 Å². The fourth-order valence-corrected chi connectivity index (χ4v) is 6.54. The molecule has 2 aliphatic carbocycles. The van der Waals surface area contributed by atoms with E-state index in [1.165, 1.54) is 63.6 Å². The summed E-state index contributed by atoms with van der Waals surface area (Å²) >= 11 is 6.66. The Kier molecular flexibility index (Phi) is 13.2. The maximum absolute atomic E-state index is 10.5. The number of hydrogen-bond donors (Lipinski definition) is 3. The van der Waals surface area contributed by atoms with E-state index in [1.54, 1.807) is 0 Å². The molecule has 4 nitrogen and oxygen atoms in total. The van der Waals surface area contributed by atoms with E-state index in [4.69, 9.17) is 11.6 Å². The summed E-state index contributed by atoms with van der Waals surface area (Å²) in [7, 11) is 0. The molecule has 0 radical (unpaired) electrons. The van der Waals surface area contributed by atoms with Gasteiger partial charge in [0.2, 0.25) is 6.41 Å². The van der Waals surface area contributed by atoms with E-state index in [2.05, 4.69) is 48.0 Å². The number of fused-ring (bicyclic) bond motifs is 2. The van der Waals surface area contributed by atoms with Crippen molar-refractivity contribution in [2.45, 2.75) is 64.2 Å². The molecular formula is C29H41ClCsN3O. The van der Waals surface area contributed by atoms with Crippen LogP contribution < -0.4 is 84.8 Å². The molecule has 35 heavy (non-hydrogen) atoms. The smallest absolute Gasteiger partial charge is 0.358 e. The Balaban J connectivity index is 0.000000551. The van der Waals surface area contributed by atoms with Crippen LogP contribution in [-0.4, -0.2) is 19.5 Å². The average Bonchev–Trinajstić information content (AvgIpc) is 3.36. The van der Waals surface area contributed by atoms with Gasteiger partial charge >= 0.3 is 68.9 Å². The van der Waals surface area contributed by atoms with Gasteiger partial charge in [0.05, 0.1) is 10.7 Å². The van der Waals surface area contributed by atoms with Crippen LogP contribution in [0.25, 0.3) is 0 Å². The third-order valence-electron chi connectivity index (χ3n) is 7.63. The first-order valence-corrected chi connectivity index (χ1v) is 12.9. The number of anilines is 3. The monoisotopic (exact) mass is 615 g/mol. The summed E-state index contributed by atoms with van der Waals surface area (Å²) < 4.78 is 0. The Morgan fingerprint density at radius 2 is 1.57 bits per heavy atom. The third-order valence-corrected chi connectivity index (χ3v) is 7.94. The molecule has 3 N–H and O–H groups in total. The van der Waals surface area contributed by atoms with Gasteiger partial charge in [0, 0.05) is 11.4 Å². The first-order valence-electron chi connectivity index (χ1n) is 12.5. The fourth-order valence-electron chi connectivity index (χ4n) is 6.32. The third kappa shape index (κ3) is 8.78. The van der Waals surface area contributed by atoms with E-state index in [0.29, 0.717) is 6.41 Å². The Labute approximate surface area is 276 Å². The van der Waals surface area contributed by atoms with Crippen LogP contribution in [0.4, 0.5) is 17.1 Å². The number of benzene rings is 2. The molecule has 1 heterocycles. The van der Waals surface area contributed by atoms with Gasteiger partial charge in [0.15, 0.2) is 0 Å². The second kappa shape index (κ2) is 14.8. The van der Waals surface area contributed by atoms with E-state index in [0.717, 1.165) is 39.8 Å². The van der Waals surface area contributed by atoms with Gasteiger partial charge in [0.1, 0.15) is 0 Å². The molecule has 0 aromatic heterocycles. The number of carbonyl (C=O) groups excluding carboxylic acids is 1. The second-order valence-corrected chi connectivity index (χ2v) is 11.0. The van der Waals surface area contributed by atoms with E-state index in [1.807, 2.05) is 24.3 Å². The van der Waals surface area contributed by atoms with Crippen molar-refractivity contribution in [2.75, 3.05) is 23.7 Å². The molecule has 6 heteroatoms. The molecule has 0 spiro atoms. The van der Waals surface area contributed by atoms with Crippen molar-refractivity contribution in [1.29, 1.82) is 0 Å².